The molecule has 3 heteroatoms. The van der Waals surface area contributed by atoms with E-state index in [2.05, 4.69) is 5.32 Å². The molecule has 0 aliphatic rings. The van der Waals surface area contributed by atoms with Crippen LogP contribution >= 0.6 is 0 Å². The molecule has 0 radical (unpaired) electrons. The number of benzene rings is 1. The standard InChI is InChI=1S/C13H19NO2/c1-13(2,12(15)16)9-11(14-3)10-7-5-4-6-8-10/h4-8,11,14H,9H2,1-3H3,(H,15,16). The van der Waals surface area contributed by atoms with Gasteiger partial charge in [0.15, 0.2) is 0 Å². The van der Waals surface area contributed by atoms with Crippen LogP contribution in [0.25, 0.3) is 0 Å². The van der Waals surface area contributed by atoms with Gasteiger partial charge < -0.3 is 10.4 Å². The average molecular weight is 221 g/mol. The van der Waals surface area contributed by atoms with Crippen LogP contribution in [-0.4, -0.2) is 18.1 Å². The fourth-order valence-electron chi connectivity index (χ4n) is 1.67. The number of carbonyl (C=O) groups is 1. The van der Waals surface area contributed by atoms with Gasteiger partial charge in [-0.2, -0.15) is 0 Å². The molecule has 88 valence electrons. The van der Waals surface area contributed by atoms with Crippen molar-refractivity contribution in [3.63, 3.8) is 0 Å². The molecule has 0 fully saturated rings. The molecule has 0 heterocycles. The summed E-state index contributed by atoms with van der Waals surface area (Å²) in [7, 11) is 1.86. The van der Waals surface area contributed by atoms with Crippen molar-refractivity contribution in [1.29, 1.82) is 0 Å². The number of hydrogen-bond donors (Lipinski definition) is 2. The average Bonchev–Trinajstić information content (AvgIpc) is 2.27. The minimum absolute atomic E-state index is 0.0762. The number of rotatable bonds is 5. The Morgan fingerprint density at radius 1 is 1.38 bits per heavy atom. The van der Waals surface area contributed by atoms with Gasteiger partial charge in [0.05, 0.1) is 5.41 Å². The SMILES string of the molecule is CNC(CC(C)(C)C(=O)O)c1ccccc1. The van der Waals surface area contributed by atoms with Crippen molar-refractivity contribution >= 4 is 5.97 Å². The maximum Gasteiger partial charge on any atom is 0.309 e. The van der Waals surface area contributed by atoms with E-state index in [1.807, 2.05) is 37.4 Å². The lowest BCUT2D eigenvalue weighted by atomic mass is 9.83. The van der Waals surface area contributed by atoms with Crippen LogP contribution in [0.5, 0.6) is 0 Å². The molecule has 2 N–H and O–H groups in total. The summed E-state index contributed by atoms with van der Waals surface area (Å²) in [4.78, 5) is 11.1. The highest BCUT2D eigenvalue weighted by Gasteiger charge is 2.30. The van der Waals surface area contributed by atoms with Crippen molar-refractivity contribution in [2.24, 2.45) is 5.41 Å². The predicted octanol–water partition coefficient (Wildman–Crippen LogP) is 2.45. The zero-order valence-corrected chi connectivity index (χ0v) is 10.0. The Kier molecular flexibility index (Phi) is 4.07. The third-order valence-electron chi connectivity index (χ3n) is 2.84. The van der Waals surface area contributed by atoms with E-state index in [0.29, 0.717) is 6.42 Å². The topological polar surface area (TPSA) is 49.3 Å². The number of carboxylic acids is 1. The lowest BCUT2D eigenvalue weighted by Crippen LogP contribution is -2.30. The van der Waals surface area contributed by atoms with Gasteiger partial charge in [0, 0.05) is 6.04 Å². The van der Waals surface area contributed by atoms with Crippen molar-refractivity contribution in [2.75, 3.05) is 7.05 Å². The Bertz CT molecular complexity index is 346. The highest BCUT2D eigenvalue weighted by atomic mass is 16.4. The van der Waals surface area contributed by atoms with E-state index in [1.54, 1.807) is 13.8 Å². The largest absolute Gasteiger partial charge is 0.481 e. The summed E-state index contributed by atoms with van der Waals surface area (Å²) in [6, 6.07) is 9.99. The fraction of sp³-hybridized carbons (Fsp3) is 0.462. The normalized spacial score (nSPS) is 13.4. The molecule has 0 amide bonds. The summed E-state index contributed by atoms with van der Waals surface area (Å²) in [6.07, 6.45) is 0.572. The van der Waals surface area contributed by atoms with Gasteiger partial charge in [-0.3, -0.25) is 4.79 Å². The molecule has 1 atom stereocenters. The van der Waals surface area contributed by atoms with Gasteiger partial charge in [-0.1, -0.05) is 30.3 Å². The second-order valence-electron chi connectivity index (χ2n) is 4.65. The van der Waals surface area contributed by atoms with Gasteiger partial charge in [0.2, 0.25) is 0 Å². The van der Waals surface area contributed by atoms with Crippen LogP contribution in [0.4, 0.5) is 0 Å². The zero-order chi connectivity index (χ0) is 12.2. The molecule has 0 saturated carbocycles. The fourth-order valence-corrected chi connectivity index (χ4v) is 1.67. The van der Waals surface area contributed by atoms with Crippen LogP contribution in [0, 0.1) is 5.41 Å². The van der Waals surface area contributed by atoms with E-state index in [0.717, 1.165) is 5.56 Å². The van der Waals surface area contributed by atoms with Gasteiger partial charge in [0.1, 0.15) is 0 Å². The number of carboxylic acid groups (broad SMARTS) is 1. The number of nitrogens with one attached hydrogen (secondary N) is 1. The van der Waals surface area contributed by atoms with E-state index in [1.165, 1.54) is 0 Å². The maximum atomic E-state index is 11.1. The van der Waals surface area contributed by atoms with Crippen LogP contribution in [0.2, 0.25) is 0 Å². The molecule has 0 aliphatic heterocycles. The van der Waals surface area contributed by atoms with Crippen LogP contribution in [0.15, 0.2) is 30.3 Å². The lowest BCUT2D eigenvalue weighted by molar-refractivity contribution is -0.147. The van der Waals surface area contributed by atoms with Crippen LogP contribution < -0.4 is 5.32 Å². The summed E-state index contributed by atoms with van der Waals surface area (Å²) < 4.78 is 0. The molecule has 1 unspecified atom stereocenters. The Morgan fingerprint density at radius 2 is 1.94 bits per heavy atom. The number of aliphatic carboxylic acids is 1. The Labute approximate surface area is 96.5 Å². The van der Waals surface area contributed by atoms with Gasteiger partial charge in [-0.05, 0) is 32.9 Å². The molecular formula is C13H19NO2. The Balaban J connectivity index is 2.81. The van der Waals surface area contributed by atoms with Gasteiger partial charge >= 0.3 is 5.97 Å². The molecule has 0 aromatic heterocycles. The van der Waals surface area contributed by atoms with Crippen LogP contribution in [-0.2, 0) is 4.79 Å². The lowest BCUT2D eigenvalue weighted by Gasteiger charge is -2.26. The quantitative estimate of drug-likeness (QED) is 0.803. The first-order chi connectivity index (χ1) is 7.47. The molecule has 1 aromatic rings. The van der Waals surface area contributed by atoms with E-state index in [4.69, 9.17) is 5.11 Å². The Morgan fingerprint density at radius 3 is 2.38 bits per heavy atom. The van der Waals surface area contributed by atoms with Crippen molar-refractivity contribution in [3.8, 4) is 0 Å². The molecule has 0 aliphatic carbocycles. The van der Waals surface area contributed by atoms with E-state index in [9.17, 15) is 4.79 Å². The molecule has 0 saturated heterocycles. The summed E-state index contributed by atoms with van der Waals surface area (Å²) in [5, 5.41) is 12.3. The summed E-state index contributed by atoms with van der Waals surface area (Å²) in [5.74, 6) is -0.760. The third kappa shape index (κ3) is 3.07. The van der Waals surface area contributed by atoms with Crippen molar-refractivity contribution in [1.82, 2.24) is 5.32 Å². The minimum Gasteiger partial charge on any atom is -0.481 e. The van der Waals surface area contributed by atoms with Crippen LogP contribution in [0.1, 0.15) is 31.9 Å². The summed E-state index contributed by atoms with van der Waals surface area (Å²) in [5.41, 5.74) is 0.406. The first-order valence-corrected chi connectivity index (χ1v) is 5.43. The zero-order valence-electron chi connectivity index (χ0n) is 10.0. The van der Waals surface area contributed by atoms with Crippen molar-refractivity contribution in [2.45, 2.75) is 26.3 Å². The van der Waals surface area contributed by atoms with Gasteiger partial charge in [-0.15, -0.1) is 0 Å². The predicted molar refractivity (Wildman–Crippen MR) is 64.3 cm³/mol. The molecule has 0 spiro atoms. The monoisotopic (exact) mass is 221 g/mol. The third-order valence-corrected chi connectivity index (χ3v) is 2.84. The van der Waals surface area contributed by atoms with E-state index in [-0.39, 0.29) is 6.04 Å². The second kappa shape index (κ2) is 5.12. The molecular weight excluding hydrogens is 202 g/mol. The minimum atomic E-state index is -0.760. The highest BCUT2D eigenvalue weighted by molar-refractivity contribution is 5.73. The van der Waals surface area contributed by atoms with Crippen molar-refractivity contribution in [3.05, 3.63) is 35.9 Å². The highest BCUT2D eigenvalue weighted by Crippen LogP contribution is 2.29. The maximum absolute atomic E-state index is 11.1. The summed E-state index contributed by atoms with van der Waals surface area (Å²) >= 11 is 0. The van der Waals surface area contributed by atoms with E-state index < -0.39 is 11.4 Å². The molecule has 0 bridgehead atoms. The van der Waals surface area contributed by atoms with Crippen LogP contribution in [0.3, 0.4) is 0 Å². The molecule has 3 nitrogen and oxygen atoms in total. The smallest absolute Gasteiger partial charge is 0.309 e. The van der Waals surface area contributed by atoms with Gasteiger partial charge in [-0.25, -0.2) is 0 Å². The van der Waals surface area contributed by atoms with E-state index >= 15 is 0 Å². The summed E-state index contributed by atoms with van der Waals surface area (Å²) in [6.45, 7) is 3.51. The van der Waals surface area contributed by atoms with Crippen molar-refractivity contribution < 1.29 is 9.90 Å². The molecule has 16 heavy (non-hydrogen) atoms. The second-order valence-corrected chi connectivity index (χ2v) is 4.65. The first-order valence-electron chi connectivity index (χ1n) is 5.43. The number of hydrogen-bond acceptors (Lipinski definition) is 2. The first kappa shape index (κ1) is 12.7. The molecule has 1 aromatic carbocycles. The molecule has 1 rings (SSSR count). The Hall–Kier alpha value is -1.35. The van der Waals surface area contributed by atoms with Gasteiger partial charge in [0.25, 0.3) is 0 Å².